The molecular formula is C23H28BrNO5. The minimum atomic E-state index is -0.816. The van der Waals surface area contributed by atoms with Crippen molar-refractivity contribution in [3.05, 3.63) is 34.3 Å². The highest BCUT2D eigenvalue weighted by Crippen LogP contribution is 2.60. The second-order valence-corrected chi connectivity index (χ2v) is 10.4. The average molecular weight is 478 g/mol. The SMILES string of the molecule is C[C@@H]1CC[C@H]2[C@@H](C)C(OC(C#N)c3ccc(Br)cc3)O[C@@H]3O[C@]4(C)CC[C@@H]1[C@]32OO4. The van der Waals surface area contributed by atoms with Gasteiger partial charge in [-0.05, 0) is 55.7 Å². The summed E-state index contributed by atoms with van der Waals surface area (Å²) in [5.41, 5.74) is 0.189. The van der Waals surface area contributed by atoms with Gasteiger partial charge in [-0.2, -0.15) is 5.26 Å². The fourth-order valence-electron chi connectivity index (χ4n) is 5.98. The first-order chi connectivity index (χ1) is 14.4. The fourth-order valence-corrected chi connectivity index (χ4v) is 6.25. The second kappa shape index (κ2) is 7.54. The molecule has 2 bridgehead atoms. The van der Waals surface area contributed by atoms with Crippen molar-refractivity contribution in [2.45, 2.75) is 76.5 Å². The molecule has 5 fully saturated rings. The van der Waals surface area contributed by atoms with Crippen molar-refractivity contribution in [3.63, 3.8) is 0 Å². The molecule has 1 spiro atoms. The van der Waals surface area contributed by atoms with Crippen LogP contribution in [0.5, 0.6) is 0 Å². The molecule has 1 saturated carbocycles. The first-order valence-electron chi connectivity index (χ1n) is 10.9. The van der Waals surface area contributed by atoms with Gasteiger partial charge < -0.3 is 14.2 Å². The van der Waals surface area contributed by atoms with Gasteiger partial charge in [0.05, 0.1) is 6.07 Å². The zero-order valence-corrected chi connectivity index (χ0v) is 19.1. The van der Waals surface area contributed by atoms with Crippen LogP contribution in [-0.4, -0.2) is 24.0 Å². The number of ether oxygens (including phenoxy) is 3. The van der Waals surface area contributed by atoms with E-state index in [2.05, 4.69) is 35.8 Å². The first kappa shape index (κ1) is 20.9. The molecule has 0 N–H and O–H groups in total. The molecule has 0 amide bonds. The Morgan fingerprint density at radius 2 is 1.90 bits per heavy atom. The third kappa shape index (κ3) is 3.16. The summed E-state index contributed by atoms with van der Waals surface area (Å²) in [7, 11) is 0. The van der Waals surface area contributed by atoms with Crippen LogP contribution in [0.25, 0.3) is 0 Å². The molecule has 2 unspecified atom stereocenters. The molecule has 1 aromatic rings. The van der Waals surface area contributed by atoms with E-state index in [1.165, 1.54) is 0 Å². The zero-order valence-electron chi connectivity index (χ0n) is 17.5. The summed E-state index contributed by atoms with van der Waals surface area (Å²) in [6, 6.07) is 9.90. The van der Waals surface area contributed by atoms with Gasteiger partial charge in [-0.15, -0.1) is 0 Å². The van der Waals surface area contributed by atoms with Crippen molar-refractivity contribution < 1.29 is 24.0 Å². The van der Waals surface area contributed by atoms with E-state index in [-0.39, 0.29) is 11.8 Å². The quantitative estimate of drug-likeness (QED) is 0.554. The van der Waals surface area contributed by atoms with E-state index in [1.807, 2.05) is 31.2 Å². The molecule has 0 aromatic heterocycles. The Balaban J connectivity index is 1.45. The van der Waals surface area contributed by atoms with Gasteiger partial charge in [0.2, 0.25) is 5.79 Å². The molecule has 9 atom stereocenters. The first-order valence-corrected chi connectivity index (χ1v) is 11.7. The maximum Gasteiger partial charge on any atom is 0.201 e. The minimum absolute atomic E-state index is 0.0391. The van der Waals surface area contributed by atoms with Crippen molar-refractivity contribution in [2.24, 2.45) is 23.7 Å². The molecule has 1 aromatic carbocycles. The highest BCUT2D eigenvalue weighted by atomic mass is 79.9. The van der Waals surface area contributed by atoms with Crippen LogP contribution in [-0.2, 0) is 24.0 Å². The van der Waals surface area contributed by atoms with E-state index in [1.54, 1.807) is 0 Å². The van der Waals surface area contributed by atoms with E-state index < -0.39 is 30.1 Å². The highest BCUT2D eigenvalue weighted by Gasteiger charge is 2.69. The number of halogens is 1. The van der Waals surface area contributed by atoms with Crippen LogP contribution < -0.4 is 0 Å². The van der Waals surface area contributed by atoms with Crippen LogP contribution in [0.1, 0.15) is 58.1 Å². The number of fused-ring (bicyclic) bond motifs is 2. The van der Waals surface area contributed by atoms with Gasteiger partial charge in [0.15, 0.2) is 24.3 Å². The molecule has 4 aliphatic heterocycles. The predicted molar refractivity (Wildman–Crippen MR) is 110 cm³/mol. The Bertz CT molecular complexity index is 843. The lowest BCUT2D eigenvalue weighted by Gasteiger charge is -2.60. The maximum absolute atomic E-state index is 9.78. The molecule has 4 saturated heterocycles. The van der Waals surface area contributed by atoms with Crippen molar-refractivity contribution in [1.29, 1.82) is 5.26 Å². The number of hydrogen-bond acceptors (Lipinski definition) is 6. The summed E-state index contributed by atoms with van der Waals surface area (Å²) in [4.78, 5) is 12.0. The lowest BCUT2D eigenvalue weighted by molar-refractivity contribution is -0.578. The van der Waals surface area contributed by atoms with Gasteiger partial charge in [-0.3, -0.25) is 0 Å². The Morgan fingerprint density at radius 3 is 2.63 bits per heavy atom. The van der Waals surface area contributed by atoms with E-state index in [0.29, 0.717) is 11.8 Å². The summed E-state index contributed by atoms with van der Waals surface area (Å²) in [5.74, 6) is 0.223. The van der Waals surface area contributed by atoms with Crippen LogP contribution in [0, 0.1) is 35.0 Å². The molecular weight excluding hydrogens is 450 g/mol. The van der Waals surface area contributed by atoms with Gasteiger partial charge in [-0.1, -0.05) is 41.9 Å². The fraction of sp³-hybridized carbons (Fsp3) is 0.696. The number of rotatable bonds is 3. The zero-order chi connectivity index (χ0) is 21.1. The predicted octanol–water partition coefficient (Wildman–Crippen LogP) is 5.24. The van der Waals surface area contributed by atoms with Crippen LogP contribution in [0.3, 0.4) is 0 Å². The van der Waals surface area contributed by atoms with Gasteiger partial charge in [-0.25, -0.2) is 9.78 Å². The smallest absolute Gasteiger partial charge is 0.201 e. The minimum Gasteiger partial charge on any atom is -0.329 e. The topological polar surface area (TPSA) is 69.9 Å². The van der Waals surface area contributed by atoms with Crippen LogP contribution in [0.4, 0.5) is 0 Å². The van der Waals surface area contributed by atoms with E-state index in [9.17, 15) is 5.26 Å². The Hall–Kier alpha value is -1.01. The Kier molecular flexibility index (Phi) is 5.25. The number of benzene rings is 1. The Morgan fingerprint density at radius 1 is 1.13 bits per heavy atom. The lowest BCUT2D eigenvalue weighted by atomic mass is 9.58. The molecule has 30 heavy (non-hydrogen) atoms. The average Bonchev–Trinajstić information content (AvgIpc) is 2.96. The third-order valence-corrected chi connectivity index (χ3v) is 8.19. The van der Waals surface area contributed by atoms with Crippen molar-refractivity contribution in [1.82, 2.24) is 0 Å². The van der Waals surface area contributed by atoms with Crippen LogP contribution in [0.2, 0.25) is 0 Å². The van der Waals surface area contributed by atoms with Gasteiger partial charge in [0.1, 0.15) is 0 Å². The molecule has 6 nitrogen and oxygen atoms in total. The summed E-state index contributed by atoms with van der Waals surface area (Å²) < 4.78 is 20.0. The van der Waals surface area contributed by atoms with Gasteiger partial charge in [0.25, 0.3) is 0 Å². The molecule has 6 rings (SSSR count). The summed E-state index contributed by atoms with van der Waals surface area (Å²) in [6.45, 7) is 6.34. The second-order valence-electron chi connectivity index (χ2n) is 9.47. The molecule has 0 radical (unpaired) electrons. The van der Waals surface area contributed by atoms with Crippen molar-refractivity contribution >= 4 is 15.9 Å². The van der Waals surface area contributed by atoms with Crippen molar-refractivity contribution in [3.8, 4) is 6.07 Å². The summed E-state index contributed by atoms with van der Waals surface area (Å²) >= 11 is 3.44. The maximum atomic E-state index is 9.78. The van der Waals surface area contributed by atoms with E-state index in [0.717, 1.165) is 35.7 Å². The van der Waals surface area contributed by atoms with E-state index in [4.69, 9.17) is 24.0 Å². The molecule has 4 heterocycles. The monoisotopic (exact) mass is 477 g/mol. The highest BCUT2D eigenvalue weighted by molar-refractivity contribution is 9.10. The largest absolute Gasteiger partial charge is 0.329 e. The van der Waals surface area contributed by atoms with Gasteiger partial charge in [0, 0.05) is 22.7 Å². The molecule has 7 heteroatoms. The lowest BCUT2D eigenvalue weighted by Crippen LogP contribution is -2.70. The Labute approximate surface area is 185 Å². The number of nitrogens with zero attached hydrogens (tertiary/aromatic N) is 1. The molecule has 162 valence electrons. The number of hydrogen-bond donors (Lipinski definition) is 0. The van der Waals surface area contributed by atoms with Crippen molar-refractivity contribution in [2.75, 3.05) is 0 Å². The molecule has 5 aliphatic rings. The van der Waals surface area contributed by atoms with Crippen LogP contribution >= 0.6 is 15.9 Å². The van der Waals surface area contributed by atoms with E-state index >= 15 is 0 Å². The standard InChI is InChI=1S/C23H28BrNO5/c1-13-4-9-18-14(2)20(26-19(12-25)15-5-7-16(24)8-6-15)27-21-23(18)17(13)10-11-22(3,28-21)29-30-23/h5-8,13-14,17-21H,4,9-11H2,1-3H3/t13-,14-,17+,18+,19?,20?,21-,22+,23-/m1/s1. The molecule has 1 aliphatic carbocycles. The van der Waals surface area contributed by atoms with Crippen LogP contribution in [0.15, 0.2) is 28.7 Å². The number of nitriles is 1. The van der Waals surface area contributed by atoms with Gasteiger partial charge >= 0.3 is 0 Å². The summed E-state index contributed by atoms with van der Waals surface area (Å²) in [6.07, 6.45) is 2.06. The normalized spacial score (nSPS) is 45.8. The third-order valence-electron chi connectivity index (χ3n) is 7.66. The summed E-state index contributed by atoms with van der Waals surface area (Å²) in [5, 5.41) is 9.78.